The van der Waals surface area contributed by atoms with E-state index in [1.807, 2.05) is 6.92 Å². The summed E-state index contributed by atoms with van der Waals surface area (Å²) in [6.45, 7) is 12.9. The smallest absolute Gasteiger partial charge is 0.0745 e. The van der Waals surface area contributed by atoms with Crippen molar-refractivity contribution in [3.63, 3.8) is 0 Å². The fourth-order valence-electron chi connectivity index (χ4n) is 4.19. The van der Waals surface area contributed by atoms with Gasteiger partial charge in [-0.05, 0) is 43.9 Å². The van der Waals surface area contributed by atoms with Gasteiger partial charge in [-0.1, -0.05) is 26.3 Å². The third-order valence-electron chi connectivity index (χ3n) is 5.64. The number of hydrogen-bond acceptors (Lipinski definition) is 1. The molecule has 3 atom stereocenters. The highest BCUT2D eigenvalue weighted by Gasteiger charge is 2.67. The fraction of sp³-hybridized carbons (Fsp3) is 0.857. The Morgan fingerprint density at radius 1 is 1.40 bits per heavy atom. The molecular weight excluding hydrogens is 184 g/mol. The molecule has 0 aromatic heterocycles. The molecule has 2 fully saturated rings. The molecule has 2 aliphatic rings. The van der Waals surface area contributed by atoms with Crippen LogP contribution in [0.3, 0.4) is 0 Å². The van der Waals surface area contributed by atoms with Gasteiger partial charge in [-0.15, -0.1) is 6.58 Å². The standard InChI is InChI=1S/C14H24O/c1-10(2)8-14(15)9-11-6-7-13(14,5)12(11,3)4/h11,15H,1,6-9H2,2-5H3. The first-order valence-corrected chi connectivity index (χ1v) is 6.10. The van der Waals surface area contributed by atoms with Crippen molar-refractivity contribution in [1.29, 1.82) is 0 Å². The van der Waals surface area contributed by atoms with Crippen LogP contribution in [0.15, 0.2) is 12.2 Å². The molecule has 86 valence electrons. The summed E-state index contributed by atoms with van der Waals surface area (Å²) < 4.78 is 0. The zero-order valence-electron chi connectivity index (χ0n) is 10.6. The molecule has 2 bridgehead atoms. The third-order valence-corrected chi connectivity index (χ3v) is 5.64. The Morgan fingerprint density at radius 2 is 2.00 bits per heavy atom. The lowest BCUT2D eigenvalue weighted by atomic mass is 9.63. The van der Waals surface area contributed by atoms with E-state index in [-0.39, 0.29) is 10.8 Å². The Kier molecular flexibility index (Phi) is 2.15. The average Bonchev–Trinajstić information content (AvgIpc) is 2.34. The third kappa shape index (κ3) is 1.19. The van der Waals surface area contributed by atoms with Gasteiger partial charge in [0.2, 0.25) is 0 Å². The number of rotatable bonds is 2. The first-order valence-electron chi connectivity index (χ1n) is 6.10. The minimum Gasteiger partial charge on any atom is -0.389 e. The van der Waals surface area contributed by atoms with Gasteiger partial charge in [-0.2, -0.15) is 0 Å². The molecule has 0 radical (unpaired) electrons. The quantitative estimate of drug-likeness (QED) is 0.688. The summed E-state index contributed by atoms with van der Waals surface area (Å²) in [6, 6.07) is 0. The Morgan fingerprint density at radius 3 is 2.33 bits per heavy atom. The van der Waals surface area contributed by atoms with Gasteiger partial charge in [0.15, 0.2) is 0 Å². The van der Waals surface area contributed by atoms with Crippen LogP contribution in [-0.4, -0.2) is 10.7 Å². The van der Waals surface area contributed by atoms with E-state index in [9.17, 15) is 5.11 Å². The van der Waals surface area contributed by atoms with Gasteiger partial charge < -0.3 is 5.11 Å². The highest BCUT2D eigenvalue weighted by atomic mass is 16.3. The van der Waals surface area contributed by atoms with Crippen LogP contribution in [0.2, 0.25) is 0 Å². The van der Waals surface area contributed by atoms with E-state index in [0.29, 0.717) is 5.92 Å². The molecular formula is C14H24O. The lowest BCUT2D eigenvalue weighted by molar-refractivity contribution is -0.0883. The van der Waals surface area contributed by atoms with Crippen LogP contribution >= 0.6 is 0 Å². The van der Waals surface area contributed by atoms with Crippen LogP contribution in [0.5, 0.6) is 0 Å². The van der Waals surface area contributed by atoms with E-state index in [2.05, 4.69) is 27.4 Å². The second-order valence-corrected chi connectivity index (χ2v) is 6.66. The molecule has 1 heteroatoms. The monoisotopic (exact) mass is 208 g/mol. The van der Waals surface area contributed by atoms with Crippen molar-refractivity contribution >= 4 is 0 Å². The number of aliphatic hydroxyl groups is 1. The van der Waals surface area contributed by atoms with Crippen LogP contribution < -0.4 is 0 Å². The molecule has 0 amide bonds. The fourth-order valence-corrected chi connectivity index (χ4v) is 4.19. The van der Waals surface area contributed by atoms with Gasteiger partial charge >= 0.3 is 0 Å². The second kappa shape index (κ2) is 2.88. The molecule has 0 saturated heterocycles. The summed E-state index contributed by atoms with van der Waals surface area (Å²) in [4.78, 5) is 0. The van der Waals surface area contributed by atoms with Gasteiger partial charge in [0, 0.05) is 5.41 Å². The minimum atomic E-state index is -0.495. The van der Waals surface area contributed by atoms with Crippen LogP contribution in [-0.2, 0) is 0 Å². The summed E-state index contributed by atoms with van der Waals surface area (Å²) in [7, 11) is 0. The highest BCUT2D eigenvalue weighted by molar-refractivity contribution is 5.20. The van der Waals surface area contributed by atoms with Gasteiger partial charge in [-0.25, -0.2) is 0 Å². The zero-order chi connectivity index (χ0) is 11.5. The summed E-state index contributed by atoms with van der Waals surface area (Å²) >= 11 is 0. The van der Waals surface area contributed by atoms with Gasteiger partial charge in [0.25, 0.3) is 0 Å². The number of hydrogen-bond donors (Lipinski definition) is 1. The van der Waals surface area contributed by atoms with Crippen molar-refractivity contribution in [2.24, 2.45) is 16.7 Å². The van der Waals surface area contributed by atoms with E-state index in [0.717, 1.165) is 18.4 Å². The predicted molar refractivity (Wildman–Crippen MR) is 63.6 cm³/mol. The van der Waals surface area contributed by atoms with E-state index in [1.165, 1.54) is 12.8 Å². The van der Waals surface area contributed by atoms with Crippen LogP contribution in [0, 0.1) is 16.7 Å². The average molecular weight is 208 g/mol. The van der Waals surface area contributed by atoms with Crippen LogP contribution in [0.4, 0.5) is 0 Å². The Hall–Kier alpha value is -0.300. The minimum absolute atomic E-state index is 0.0869. The van der Waals surface area contributed by atoms with E-state index in [1.54, 1.807) is 0 Å². The maximum atomic E-state index is 10.9. The first kappa shape index (κ1) is 11.2. The van der Waals surface area contributed by atoms with Crippen molar-refractivity contribution in [3.05, 3.63) is 12.2 Å². The molecule has 0 aromatic carbocycles. The van der Waals surface area contributed by atoms with Crippen LogP contribution in [0.25, 0.3) is 0 Å². The highest BCUT2D eigenvalue weighted by Crippen LogP contribution is 2.70. The molecule has 2 rings (SSSR count). The van der Waals surface area contributed by atoms with Crippen molar-refractivity contribution in [1.82, 2.24) is 0 Å². The van der Waals surface area contributed by atoms with Crippen LogP contribution in [0.1, 0.15) is 53.4 Å². The van der Waals surface area contributed by atoms with Gasteiger partial charge in [0.05, 0.1) is 5.60 Å². The molecule has 1 N–H and O–H groups in total. The lowest BCUT2D eigenvalue weighted by Gasteiger charge is -2.45. The molecule has 0 spiro atoms. The topological polar surface area (TPSA) is 20.2 Å². The molecule has 0 aliphatic heterocycles. The molecule has 3 unspecified atom stereocenters. The van der Waals surface area contributed by atoms with Crippen molar-refractivity contribution < 1.29 is 5.11 Å². The SMILES string of the molecule is C=C(C)CC1(O)CC2CCC1(C)C2(C)C. The summed E-state index contributed by atoms with van der Waals surface area (Å²) in [5, 5.41) is 10.9. The summed E-state index contributed by atoms with van der Waals surface area (Å²) in [5.41, 5.74) is 0.994. The second-order valence-electron chi connectivity index (χ2n) is 6.66. The summed E-state index contributed by atoms with van der Waals surface area (Å²) in [5.74, 6) is 0.701. The van der Waals surface area contributed by atoms with Crippen molar-refractivity contribution in [2.45, 2.75) is 59.0 Å². The van der Waals surface area contributed by atoms with Crippen molar-refractivity contribution in [2.75, 3.05) is 0 Å². The predicted octanol–water partition coefficient (Wildman–Crippen LogP) is 3.53. The largest absolute Gasteiger partial charge is 0.389 e. The molecule has 1 nitrogen and oxygen atoms in total. The lowest BCUT2D eigenvalue weighted by Crippen LogP contribution is -2.47. The maximum Gasteiger partial charge on any atom is 0.0745 e. The Labute approximate surface area is 93.6 Å². The van der Waals surface area contributed by atoms with Crippen molar-refractivity contribution in [3.8, 4) is 0 Å². The molecule has 2 saturated carbocycles. The first-order chi connectivity index (χ1) is 6.73. The normalized spacial score (nSPS) is 47.1. The van der Waals surface area contributed by atoms with E-state index >= 15 is 0 Å². The van der Waals surface area contributed by atoms with Gasteiger partial charge in [-0.3, -0.25) is 0 Å². The van der Waals surface area contributed by atoms with E-state index in [4.69, 9.17) is 0 Å². The van der Waals surface area contributed by atoms with Gasteiger partial charge in [0.1, 0.15) is 0 Å². The molecule has 15 heavy (non-hydrogen) atoms. The molecule has 0 aromatic rings. The Bertz CT molecular complexity index is 304. The van der Waals surface area contributed by atoms with E-state index < -0.39 is 5.60 Å². The maximum absolute atomic E-state index is 10.9. The molecule has 2 aliphatic carbocycles. The summed E-state index contributed by atoms with van der Waals surface area (Å²) in [6.07, 6.45) is 4.23. The molecule has 0 heterocycles. The Balaban J connectivity index is 2.36. The zero-order valence-corrected chi connectivity index (χ0v) is 10.6. The number of fused-ring (bicyclic) bond motifs is 2.